The Morgan fingerprint density at radius 3 is 1.60 bits per heavy atom. The van der Waals surface area contributed by atoms with E-state index in [1.807, 2.05) is 12.1 Å². The van der Waals surface area contributed by atoms with Gasteiger partial charge in [0.25, 0.3) is 0 Å². The van der Waals surface area contributed by atoms with Crippen LogP contribution in [0, 0.1) is 0 Å². The largest absolute Gasteiger partial charge is 0.456 e. The van der Waals surface area contributed by atoms with E-state index in [4.69, 9.17) is 4.42 Å². The summed E-state index contributed by atoms with van der Waals surface area (Å²) in [5.74, 6) is 0. The molecule has 0 saturated carbocycles. The van der Waals surface area contributed by atoms with Crippen molar-refractivity contribution < 1.29 is 4.42 Å². The fourth-order valence-corrected chi connectivity index (χ4v) is 6.95. The van der Waals surface area contributed by atoms with Crippen LogP contribution in [0.3, 0.4) is 0 Å². The van der Waals surface area contributed by atoms with Gasteiger partial charge in [-0.05, 0) is 92.7 Å². The Hall–Kier alpha value is -6.38. The molecule has 0 aliphatic rings. The summed E-state index contributed by atoms with van der Waals surface area (Å²) >= 11 is 0. The van der Waals surface area contributed by atoms with Gasteiger partial charge in [-0.3, -0.25) is 0 Å². The lowest BCUT2D eigenvalue weighted by molar-refractivity contribution is 0.669. The highest BCUT2D eigenvalue weighted by Crippen LogP contribution is 2.43. The van der Waals surface area contributed by atoms with E-state index in [2.05, 4.69) is 181 Å². The molecular formula is C46H31NO. The van der Waals surface area contributed by atoms with Crippen LogP contribution >= 0.6 is 0 Å². The van der Waals surface area contributed by atoms with Crippen molar-refractivity contribution in [2.45, 2.75) is 0 Å². The smallest absolute Gasteiger partial charge is 0.136 e. The Labute approximate surface area is 279 Å². The zero-order chi connectivity index (χ0) is 31.9. The molecule has 0 aliphatic heterocycles. The Bertz CT molecular complexity index is 2530. The maximum atomic E-state index is 6.29. The van der Waals surface area contributed by atoms with E-state index in [0.717, 1.165) is 39.0 Å². The van der Waals surface area contributed by atoms with Crippen molar-refractivity contribution in [1.82, 2.24) is 0 Å². The first-order valence-electron chi connectivity index (χ1n) is 16.3. The minimum atomic E-state index is 0.901. The number of hydrogen-bond donors (Lipinski definition) is 0. The quantitative estimate of drug-likeness (QED) is 0.185. The van der Waals surface area contributed by atoms with Crippen LogP contribution in [0.4, 0.5) is 17.1 Å². The van der Waals surface area contributed by atoms with Gasteiger partial charge < -0.3 is 9.32 Å². The van der Waals surface area contributed by atoms with Crippen molar-refractivity contribution >= 4 is 49.8 Å². The SMILES string of the molecule is c1ccc(-c2ccc(N(c3ccc(-c4ccccc4)c(-c4ccccc4)c3)c3ccc4ccc5oc6ccccc6c5c4c3)cc2)cc1. The molecule has 0 N–H and O–H groups in total. The molecule has 0 aliphatic carbocycles. The minimum Gasteiger partial charge on any atom is -0.456 e. The lowest BCUT2D eigenvalue weighted by Gasteiger charge is -2.27. The number of fused-ring (bicyclic) bond motifs is 5. The predicted molar refractivity (Wildman–Crippen MR) is 202 cm³/mol. The molecule has 0 bridgehead atoms. The van der Waals surface area contributed by atoms with E-state index >= 15 is 0 Å². The number of furan rings is 1. The highest BCUT2D eigenvalue weighted by molar-refractivity contribution is 6.19. The van der Waals surface area contributed by atoms with Crippen molar-refractivity contribution in [2.75, 3.05) is 4.90 Å². The molecule has 48 heavy (non-hydrogen) atoms. The molecule has 1 aromatic heterocycles. The van der Waals surface area contributed by atoms with Crippen LogP contribution in [0.15, 0.2) is 192 Å². The van der Waals surface area contributed by atoms with Crippen LogP contribution in [0.5, 0.6) is 0 Å². The van der Waals surface area contributed by atoms with Gasteiger partial charge in [-0.2, -0.15) is 0 Å². The molecule has 0 atom stereocenters. The van der Waals surface area contributed by atoms with E-state index in [1.165, 1.54) is 44.2 Å². The summed E-state index contributed by atoms with van der Waals surface area (Å²) in [7, 11) is 0. The molecule has 2 nitrogen and oxygen atoms in total. The van der Waals surface area contributed by atoms with Gasteiger partial charge in [-0.1, -0.05) is 140 Å². The monoisotopic (exact) mass is 613 g/mol. The van der Waals surface area contributed by atoms with E-state index in [1.54, 1.807) is 0 Å². The van der Waals surface area contributed by atoms with Gasteiger partial charge in [0.2, 0.25) is 0 Å². The fraction of sp³-hybridized carbons (Fsp3) is 0. The van der Waals surface area contributed by atoms with Gasteiger partial charge in [0.1, 0.15) is 11.2 Å². The summed E-state index contributed by atoms with van der Waals surface area (Å²) in [5.41, 5.74) is 12.2. The summed E-state index contributed by atoms with van der Waals surface area (Å²) in [6, 6.07) is 67.0. The third kappa shape index (κ3) is 4.92. The van der Waals surface area contributed by atoms with Crippen LogP contribution in [0.25, 0.3) is 66.1 Å². The standard InChI is InChI=1S/C46H31NO/c1-4-12-32(13-5-1)33-20-24-37(25-21-33)47(38-26-22-36-23-29-45-46(43(36)31-38)41-18-10-11-19-44(41)48-45)39-27-28-40(34-14-6-2-7-15-34)42(30-39)35-16-8-3-9-17-35/h1-31H. The number of para-hydroxylation sites is 1. The third-order valence-electron chi connectivity index (χ3n) is 9.26. The van der Waals surface area contributed by atoms with Gasteiger partial charge in [0, 0.05) is 27.8 Å². The molecule has 0 unspecified atom stereocenters. The summed E-state index contributed by atoms with van der Waals surface area (Å²) in [6.07, 6.45) is 0. The molecule has 0 fully saturated rings. The molecule has 0 radical (unpaired) electrons. The minimum absolute atomic E-state index is 0.901. The number of benzene rings is 8. The highest BCUT2D eigenvalue weighted by atomic mass is 16.3. The first kappa shape index (κ1) is 27.9. The van der Waals surface area contributed by atoms with Gasteiger partial charge in [-0.25, -0.2) is 0 Å². The maximum absolute atomic E-state index is 6.29. The molecule has 0 saturated heterocycles. The van der Waals surface area contributed by atoms with Gasteiger partial charge in [-0.15, -0.1) is 0 Å². The first-order chi connectivity index (χ1) is 23.8. The Morgan fingerprint density at radius 1 is 0.333 bits per heavy atom. The number of hydrogen-bond acceptors (Lipinski definition) is 2. The molecule has 0 amide bonds. The third-order valence-corrected chi connectivity index (χ3v) is 9.26. The van der Waals surface area contributed by atoms with Crippen LogP contribution in [0.2, 0.25) is 0 Å². The summed E-state index contributed by atoms with van der Waals surface area (Å²) in [6.45, 7) is 0. The second kappa shape index (κ2) is 11.8. The molecule has 8 aromatic carbocycles. The van der Waals surface area contributed by atoms with Crippen molar-refractivity contribution in [3.05, 3.63) is 188 Å². The molecule has 9 rings (SSSR count). The van der Waals surface area contributed by atoms with Crippen molar-refractivity contribution in [3.63, 3.8) is 0 Å². The van der Waals surface area contributed by atoms with E-state index < -0.39 is 0 Å². The Balaban J connectivity index is 1.27. The maximum Gasteiger partial charge on any atom is 0.136 e. The van der Waals surface area contributed by atoms with Crippen LogP contribution in [-0.4, -0.2) is 0 Å². The van der Waals surface area contributed by atoms with Crippen molar-refractivity contribution in [3.8, 4) is 33.4 Å². The van der Waals surface area contributed by atoms with E-state index in [0.29, 0.717) is 0 Å². The normalized spacial score (nSPS) is 11.3. The van der Waals surface area contributed by atoms with E-state index in [9.17, 15) is 0 Å². The Kier molecular flexibility index (Phi) is 6.84. The second-order valence-corrected chi connectivity index (χ2v) is 12.2. The zero-order valence-corrected chi connectivity index (χ0v) is 26.3. The van der Waals surface area contributed by atoms with Crippen LogP contribution in [-0.2, 0) is 0 Å². The average molecular weight is 614 g/mol. The van der Waals surface area contributed by atoms with Crippen LogP contribution < -0.4 is 4.90 Å². The highest BCUT2D eigenvalue weighted by Gasteiger charge is 2.18. The molecule has 1 heterocycles. The zero-order valence-electron chi connectivity index (χ0n) is 26.3. The second-order valence-electron chi connectivity index (χ2n) is 12.2. The lowest BCUT2D eigenvalue weighted by atomic mass is 9.93. The number of nitrogens with zero attached hydrogens (tertiary/aromatic N) is 1. The van der Waals surface area contributed by atoms with Gasteiger partial charge in [0.15, 0.2) is 0 Å². The van der Waals surface area contributed by atoms with Crippen molar-refractivity contribution in [2.24, 2.45) is 0 Å². The topological polar surface area (TPSA) is 16.4 Å². The number of rotatable bonds is 6. The van der Waals surface area contributed by atoms with E-state index in [-0.39, 0.29) is 0 Å². The number of anilines is 3. The lowest BCUT2D eigenvalue weighted by Crippen LogP contribution is -2.10. The molecule has 2 heteroatoms. The Morgan fingerprint density at radius 2 is 0.875 bits per heavy atom. The van der Waals surface area contributed by atoms with Crippen LogP contribution in [0.1, 0.15) is 0 Å². The van der Waals surface area contributed by atoms with Crippen molar-refractivity contribution in [1.29, 1.82) is 0 Å². The first-order valence-corrected chi connectivity index (χ1v) is 16.3. The van der Waals surface area contributed by atoms with Gasteiger partial charge in [0.05, 0.1) is 0 Å². The molecular weight excluding hydrogens is 583 g/mol. The summed E-state index contributed by atoms with van der Waals surface area (Å²) < 4.78 is 6.29. The predicted octanol–water partition coefficient (Wildman–Crippen LogP) is 13.2. The summed E-state index contributed by atoms with van der Waals surface area (Å²) in [5, 5.41) is 4.63. The fourth-order valence-electron chi connectivity index (χ4n) is 6.95. The van der Waals surface area contributed by atoms with Gasteiger partial charge >= 0.3 is 0 Å². The average Bonchev–Trinajstić information content (AvgIpc) is 3.56. The molecule has 0 spiro atoms. The molecule has 9 aromatic rings. The molecule has 226 valence electrons. The summed E-state index contributed by atoms with van der Waals surface area (Å²) in [4.78, 5) is 2.37.